The number of hydrogen-bond acceptors (Lipinski definition) is 5. The summed E-state index contributed by atoms with van der Waals surface area (Å²) in [5.74, 6) is 0. The minimum Gasteiger partial charge on any atom is -0.374 e. The van der Waals surface area contributed by atoms with E-state index in [-0.39, 0.29) is 0 Å². The maximum atomic E-state index is 5.45. The van der Waals surface area contributed by atoms with Gasteiger partial charge in [0.1, 0.15) is 0 Å². The third-order valence-electron chi connectivity index (χ3n) is 1.82. The van der Waals surface area contributed by atoms with Crippen LogP contribution >= 0.6 is 31.4 Å². The van der Waals surface area contributed by atoms with E-state index in [0.717, 1.165) is 0 Å². The summed E-state index contributed by atoms with van der Waals surface area (Å²) >= 11 is 0. The summed E-state index contributed by atoms with van der Waals surface area (Å²) in [4.78, 5) is 0. The van der Waals surface area contributed by atoms with E-state index < -0.39 is 17.6 Å². The van der Waals surface area contributed by atoms with Crippen molar-refractivity contribution in [2.45, 2.75) is 36.3 Å². The normalized spacial score (nSPS) is 16.0. The first-order valence-electron chi connectivity index (χ1n) is 5.07. The van der Waals surface area contributed by atoms with E-state index in [9.17, 15) is 0 Å². The molecule has 0 N–H and O–H groups in total. The zero-order valence-electron chi connectivity index (χ0n) is 10.4. The summed E-state index contributed by atoms with van der Waals surface area (Å²) in [7, 11) is 7.74. The van der Waals surface area contributed by atoms with Gasteiger partial charge in [-0.15, -0.1) is 0 Å². The molecule has 0 aliphatic carbocycles. The van der Waals surface area contributed by atoms with Crippen LogP contribution in [0.25, 0.3) is 0 Å². The fourth-order valence-electron chi connectivity index (χ4n) is 0.945. The van der Waals surface area contributed by atoms with Crippen LogP contribution < -0.4 is 0 Å². The van der Waals surface area contributed by atoms with Gasteiger partial charge in [-0.05, 0) is 9.83 Å². The number of hydrogen-bond donors (Lipinski definition) is 0. The molecular formula is C8H22O2S3Si2. The first-order chi connectivity index (χ1) is 7.02. The Bertz CT molecular complexity index is 145. The van der Waals surface area contributed by atoms with Crippen molar-refractivity contribution in [2.24, 2.45) is 0 Å². The van der Waals surface area contributed by atoms with Crippen molar-refractivity contribution >= 4 is 49.0 Å². The van der Waals surface area contributed by atoms with Crippen LogP contribution in [0.2, 0.25) is 26.2 Å². The summed E-state index contributed by atoms with van der Waals surface area (Å²) in [6.45, 7) is 9.27. The molecule has 0 rings (SSSR count). The number of ether oxygens (including phenoxy) is 2. The molecule has 15 heavy (non-hydrogen) atoms. The molecule has 0 saturated heterocycles. The topological polar surface area (TPSA) is 18.5 Å². The van der Waals surface area contributed by atoms with E-state index in [1.54, 1.807) is 14.2 Å². The SMILES string of the molecule is COC(SSSC(OC)[SiH](C)C)[SiH](C)C. The van der Waals surface area contributed by atoms with E-state index >= 15 is 0 Å². The van der Waals surface area contributed by atoms with Crippen molar-refractivity contribution in [3.63, 3.8) is 0 Å². The minimum absolute atomic E-state index is 0.411. The molecule has 7 heteroatoms. The Balaban J connectivity index is 3.75. The molecule has 0 amide bonds. The Labute approximate surface area is 109 Å². The average Bonchev–Trinajstić information content (AvgIpc) is 2.17. The lowest BCUT2D eigenvalue weighted by molar-refractivity contribution is 0.225. The number of methoxy groups -OCH3 is 2. The zero-order chi connectivity index (χ0) is 11.8. The van der Waals surface area contributed by atoms with Gasteiger partial charge in [-0.1, -0.05) is 47.8 Å². The van der Waals surface area contributed by atoms with Crippen LogP contribution in [0.1, 0.15) is 0 Å². The molecular weight excluding hydrogens is 280 g/mol. The molecule has 2 atom stereocenters. The number of rotatable bonds is 8. The lowest BCUT2D eigenvalue weighted by Crippen LogP contribution is -2.23. The maximum absolute atomic E-state index is 5.45. The molecule has 0 heterocycles. The van der Waals surface area contributed by atoms with Crippen molar-refractivity contribution < 1.29 is 9.47 Å². The predicted molar refractivity (Wildman–Crippen MR) is 82.1 cm³/mol. The first kappa shape index (κ1) is 16.4. The van der Waals surface area contributed by atoms with Crippen molar-refractivity contribution in [1.82, 2.24) is 0 Å². The van der Waals surface area contributed by atoms with Gasteiger partial charge in [-0.2, -0.15) is 0 Å². The zero-order valence-corrected chi connectivity index (χ0v) is 15.1. The molecule has 0 aromatic heterocycles. The van der Waals surface area contributed by atoms with Gasteiger partial charge in [0, 0.05) is 14.2 Å². The Kier molecular flexibility index (Phi) is 10.3. The lowest BCUT2D eigenvalue weighted by Gasteiger charge is -2.20. The van der Waals surface area contributed by atoms with Gasteiger partial charge < -0.3 is 9.47 Å². The highest BCUT2D eigenvalue weighted by Gasteiger charge is 2.18. The highest BCUT2D eigenvalue weighted by atomic mass is 33.5. The summed E-state index contributed by atoms with van der Waals surface area (Å²) in [6, 6.07) is 0. The third kappa shape index (κ3) is 7.35. The largest absolute Gasteiger partial charge is 0.374 e. The second-order valence-electron chi connectivity index (χ2n) is 3.96. The van der Waals surface area contributed by atoms with Gasteiger partial charge in [0.25, 0.3) is 0 Å². The minimum atomic E-state index is -0.705. The van der Waals surface area contributed by atoms with Crippen LogP contribution in [-0.2, 0) is 9.47 Å². The van der Waals surface area contributed by atoms with Crippen molar-refractivity contribution in [2.75, 3.05) is 14.2 Å². The summed E-state index contributed by atoms with van der Waals surface area (Å²) in [5, 5.41) is 0.822. The molecule has 0 radical (unpaired) electrons. The Morgan fingerprint density at radius 3 is 1.33 bits per heavy atom. The molecule has 0 bridgehead atoms. The van der Waals surface area contributed by atoms with Crippen molar-refractivity contribution in [3.8, 4) is 0 Å². The van der Waals surface area contributed by atoms with Crippen LogP contribution in [0.4, 0.5) is 0 Å². The average molecular weight is 303 g/mol. The van der Waals surface area contributed by atoms with Crippen LogP contribution in [0.15, 0.2) is 0 Å². The Morgan fingerprint density at radius 1 is 0.800 bits per heavy atom. The van der Waals surface area contributed by atoms with E-state index in [4.69, 9.17) is 9.47 Å². The van der Waals surface area contributed by atoms with Gasteiger partial charge in [-0.3, -0.25) is 0 Å². The second kappa shape index (κ2) is 9.44. The maximum Gasteiger partial charge on any atom is 0.0978 e. The van der Waals surface area contributed by atoms with E-state index in [1.807, 2.05) is 31.4 Å². The summed E-state index contributed by atoms with van der Waals surface area (Å²) in [5.41, 5.74) is 0. The van der Waals surface area contributed by atoms with Crippen LogP contribution in [-0.4, -0.2) is 41.9 Å². The highest BCUT2D eigenvalue weighted by molar-refractivity contribution is 9.09. The van der Waals surface area contributed by atoms with Crippen LogP contribution in [0.5, 0.6) is 0 Å². The molecule has 0 aliphatic rings. The van der Waals surface area contributed by atoms with E-state index in [2.05, 4.69) is 26.2 Å². The quantitative estimate of drug-likeness (QED) is 0.389. The molecule has 0 aliphatic heterocycles. The molecule has 0 spiro atoms. The first-order valence-corrected chi connectivity index (χ1v) is 14.6. The molecule has 2 nitrogen and oxygen atoms in total. The molecule has 0 fully saturated rings. The predicted octanol–water partition coefficient (Wildman–Crippen LogP) is 3.01. The van der Waals surface area contributed by atoms with Gasteiger partial charge in [0.2, 0.25) is 0 Å². The van der Waals surface area contributed by atoms with Gasteiger partial charge in [0.15, 0.2) is 0 Å². The third-order valence-corrected chi connectivity index (χ3v) is 13.8. The van der Waals surface area contributed by atoms with Gasteiger partial charge >= 0.3 is 0 Å². The fourth-order valence-corrected chi connectivity index (χ4v) is 13.5. The summed E-state index contributed by atoms with van der Waals surface area (Å²) in [6.07, 6.45) is 0. The standard InChI is InChI=1S/C8H22O2S3Si2/c1-9-7(14(3)4)11-13-12-8(10-2)15(5)6/h7-8,14-15H,1-6H3. The Hall–Kier alpha value is 1.40. The summed E-state index contributed by atoms with van der Waals surface area (Å²) < 4.78 is 10.9. The fraction of sp³-hybridized carbons (Fsp3) is 1.00. The van der Waals surface area contributed by atoms with Gasteiger partial charge in [0.05, 0.1) is 27.7 Å². The smallest absolute Gasteiger partial charge is 0.0978 e. The molecule has 0 aromatic carbocycles. The van der Waals surface area contributed by atoms with Gasteiger partial charge in [-0.25, -0.2) is 0 Å². The lowest BCUT2D eigenvalue weighted by atomic mass is 11.5. The Morgan fingerprint density at radius 2 is 1.13 bits per heavy atom. The monoisotopic (exact) mass is 302 g/mol. The van der Waals surface area contributed by atoms with Crippen LogP contribution in [0.3, 0.4) is 0 Å². The molecule has 2 unspecified atom stereocenters. The molecule has 0 saturated carbocycles. The molecule has 0 aromatic rings. The van der Waals surface area contributed by atoms with Crippen molar-refractivity contribution in [1.29, 1.82) is 0 Å². The van der Waals surface area contributed by atoms with E-state index in [0.29, 0.717) is 10.1 Å². The van der Waals surface area contributed by atoms with Crippen molar-refractivity contribution in [3.05, 3.63) is 0 Å². The molecule has 92 valence electrons. The highest BCUT2D eigenvalue weighted by Crippen LogP contribution is 2.41. The van der Waals surface area contributed by atoms with Crippen LogP contribution in [0, 0.1) is 0 Å². The second-order valence-corrected chi connectivity index (χ2v) is 15.3. The van der Waals surface area contributed by atoms with E-state index in [1.165, 1.54) is 0 Å².